The van der Waals surface area contributed by atoms with Gasteiger partial charge in [0.1, 0.15) is 0 Å². The molecule has 4 nitrogen and oxygen atoms in total. The third-order valence-electron chi connectivity index (χ3n) is 5.87. The predicted molar refractivity (Wildman–Crippen MR) is 136 cm³/mol. The van der Waals surface area contributed by atoms with Gasteiger partial charge in [-0.2, -0.15) is 0 Å². The van der Waals surface area contributed by atoms with E-state index in [1.807, 2.05) is 70.7 Å². The zero-order chi connectivity index (χ0) is 25.4. The Balaban J connectivity index is 4.05. The molecule has 1 aromatic carbocycles. The molecule has 0 spiro atoms. The second-order valence-electron chi connectivity index (χ2n) is 9.91. The zero-order valence-electron chi connectivity index (χ0n) is 21.0. The van der Waals surface area contributed by atoms with E-state index in [0.29, 0.717) is 43.3 Å². The monoisotopic (exact) mass is 530 g/mol. The van der Waals surface area contributed by atoms with Gasteiger partial charge >= 0.3 is 200 Å². The van der Waals surface area contributed by atoms with Gasteiger partial charge in [0.05, 0.1) is 0 Å². The number of unbranched alkanes of at least 4 members (excludes halogenated alkanes) is 3. The van der Waals surface area contributed by atoms with E-state index in [1.165, 1.54) is 0 Å². The maximum atomic E-state index is 13.8. The van der Waals surface area contributed by atoms with Gasteiger partial charge in [0.25, 0.3) is 0 Å². The van der Waals surface area contributed by atoms with Crippen LogP contribution in [0.4, 0.5) is 13.2 Å². The summed E-state index contributed by atoms with van der Waals surface area (Å²) in [7, 11) is -8.14. The maximum absolute atomic E-state index is 13.8. The van der Waals surface area contributed by atoms with E-state index in [4.69, 9.17) is 8.40 Å². The van der Waals surface area contributed by atoms with Crippen LogP contribution in [0.25, 0.3) is 0 Å². The predicted octanol–water partition coefficient (Wildman–Crippen LogP) is 8.27. The van der Waals surface area contributed by atoms with E-state index in [2.05, 4.69) is 0 Å². The van der Waals surface area contributed by atoms with Crippen LogP contribution < -0.4 is 0 Å². The van der Waals surface area contributed by atoms with Crippen molar-refractivity contribution >= 4 is 25.3 Å². The quantitative estimate of drug-likeness (QED) is 0.130. The molecule has 1 unspecified atom stereocenters. The fraction of sp³-hybridized carbons (Fsp3) is 0.739. The molecule has 0 amide bonds. The van der Waals surface area contributed by atoms with E-state index in [0.717, 1.165) is 19.3 Å². The first-order valence-corrected chi connectivity index (χ1v) is 19.5. The summed E-state index contributed by atoms with van der Waals surface area (Å²) in [6, 6.07) is 9.14. The van der Waals surface area contributed by atoms with Crippen molar-refractivity contribution < 1.29 is 30.0 Å². The zero-order valence-corrected chi connectivity index (χ0v) is 23.7. The number of hydrogen-bond acceptors (Lipinski definition) is 4. The van der Waals surface area contributed by atoms with Gasteiger partial charge in [-0.1, -0.05) is 0 Å². The van der Waals surface area contributed by atoms with Crippen molar-refractivity contribution in [2.75, 3.05) is 18.5 Å². The molecule has 0 aliphatic heterocycles. The van der Waals surface area contributed by atoms with Gasteiger partial charge < -0.3 is 0 Å². The van der Waals surface area contributed by atoms with Crippen LogP contribution in [0.5, 0.6) is 0 Å². The summed E-state index contributed by atoms with van der Waals surface area (Å²) in [4.78, 5) is 0. The second kappa shape index (κ2) is 12.0. The molecule has 0 radical (unpaired) electrons. The van der Waals surface area contributed by atoms with Crippen LogP contribution in [0.2, 0.25) is 19.6 Å². The first kappa shape index (κ1) is 30.6. The molecule has 0 aliphatic carbocycles. The standard InChI is InChI=1S/C23H42F3O4PSSi/c1-7-10-18-31(19-11-8-2,20-12-9-3,30-32(27,28)23(24,25)26)22(29-33(4,5)6)21-16-14-13-15-17-21/h13-17,22H,7-12,18-20H2,1-6H3. The van der Waals surface area contributed by atoms with Gasteiger partial charge in [-0.15, -0.1) is 0 Å². The molecule has 194 valence electrons. The van der Waals surface area contributed by atoms with Crippen LogP contribution in [-0.2, 0) is 18.5 Å². The second-order valence-corrected chi connectivity index (χ2v) is 21.6. The van der Waals surface area contributed by atoms with E-state index in [1.54, 1.807) is 0 Å². The molecular weight excluding hydrogens is 488 g/mol. The molecule has 1 rings (SSSR count). The minimum absolute atomic E-state index is 0.293. The number of alkyl halides is 3. The Morgan fingerprint density at radius 3 is 1.64 bits per heavy atom. The molecule has 0 fully saturated rings. The van der Waals surface area contributed by atoms with E-state index >= 15 is 0 Å². The van der Waals surface area contributed by atoms with Crippen molar-refractivity contribution in [3.05, 3.63) is 35.9 Å². The first-order valence-electron chi connectivity index (χ1n) is 11.9. The molecule has 0 aliphatic rings. The van der Waals surface area contributed by atoms with E-state index in [-0.39, 0.29) is 0 Å². The molecule has 0 saturated heterocycles. The summed E-state index contributed by atoms with van der Waals surface area (Å²) >= 11 is 0. The fourth-order valence-electron chi connectivity index (χ4n) is 4.29. The summed E-state index contributed by atoms with van der Waals surface area (Å²) in [5.41, 5.74) is -4.78. The van der Waals surface area contributed by atoms with Crippen molar-refractivity contribution in [1.82, 2.24) is 0 Å². The Labute approximate surface area is 199 Å². The third kappa shape index (κ3) is 8.02. The molecule has 0 heterocycles. The van der Waals surface area contributed by atoms with Gasteiger partial charge in [0.2, 0.25) is 0 Å². The Bertz CT molecular complexity index is 802. The van der Waals surface area contributed by atoms with Crippen molar-refractivity contribution in [2.45, 2.75) is 90.3 Å². The normalized spacial score (nSPS) is 15.7. The fourth-order valence-corrected chi connectivity index (χ4v) is 16.3. The van der Waals surface area contributed by atoms with Gasteiger partial charge in [0, 0.05) is 0 Å². The SMILES string of the molecule is CCCCP(CCCC)(CCCC)(OS(=O)(=O)C(F)(F)F)C(O[Si](C)(C)C)c1ccccc1. The number of rotatable bonds is 15. The van der Waals surface area contributed by atoms with Crippen LogP contribution in [0, 0.1) is 0 Å². The average Bonchev–Trinajstić information content (AvgIpc) is 2.72. The van der Waals surface area contributed by atoms with Crippen LogP contribution in [0.3, 0.4) is 0 Å². The average molecular weight is 531 g/mol. The molecule has 1 aromatic rings. The molecule has 10 heteroatoms. The van der Waals surface area contributed by atoms with Crippen molar-refractivity contribution in [2.24, 2.45) is 0 Å². The third-order valence-corrected chi connectivity index (χ3v) is 15.7. The van der Waals surface area contributed by atoms with Crippen LogP contribution in [0.1, 0.15) is 70.7 Å². The van der Waals surface area contributed by atoms with Gasteiger partial charge in [-0.3, -0.25) is 0 Å². The molecule has 33 heavy (non-hydrogen) atoms. The van der Waals surface area contributed by atoms with E-state index < -0.39 is 36.6 Å². The van der Waals surface area contributed by atoms with Crippen molar-refractivity contribution in [1.29, 1.82) is 0 Å². The van der Waals surface area contributed by atoms with E-state index in [9.17, 15) is 21.6 Å². The first-order chi connectivity index (χ1) is 15.2. The Morgan fingerprint density at radius 1 is 0.879 bits per heavy atom. The number of halogens is 3. The summed E-state index contributed by atoms with van der Waals surface area (Å²) in [6.45, 7) is 7.66. The van der Waals surface area contributed by atoms with Crippen molar-refractivity contribution in [3.63, 3.8) is 0 Å². The van der Waals surface area contributed by atoms with Gasteiger partial charge in [-0.05, 0) is 0 Å². The Morgan fingerprint density at radius 2 is 1.30 bits per heavy atom. The summed E-state index contributed by atoms with van der Waals surface area (Å²) in [5.74, 6) is -0.814. The summed E-state index contributed by atoms with van der Waals surface area (Å²) < 4.78 is 79.2. The van der Waals surface area contributed by atoms with Crippen LogP contribution in [0.15, 0.2) is 30.3 Å². The van der Waals surface area contributed by atoms with Gasteiger partial charge in [-0.25, -0.2) is 0 Å². The molecule has 1 atom stereocenters. The molecule has 0 N–H and O–H groups in total. The molecular formula is C23H42F3O4PSSi. The minimum atomic E-state index is -5.82. The van der Waals surface area contributed by atoms with Crippen LogP contribution >= 0.6 is 6.83 Å². The number of hydrogen-bond donors (Lipinski definition) is 0. The molecule has 0 saturated carbocycles. The Hall–Kier alpha value is -0.473. The molecule has 0 bridgehead atoms. The van der Waals surface area contributed by atoms with Gasteiger partial charge in [0.15, 0.2) is 0 Å². The number of benzene rings is 1. The summed E-state index contributed by atoms with van der Waals surface area (Å²) in [5, 5.41) is 0. The van der Waals surface area contributed by atoms with Crippen molar-refractivity contribution in [3.8, 4) is 0 Å². The Kier molecular flexibility index (Phi) is 11.1. The summed E-state index contributed by atoms with van der Waals surface area (Å²) in [6.07, 6.45) is 4.79. The van der Waals surface area contributed by atoms with Crippen LogP contribution in [-0.4, -0.2) is 40.7 Å². The topological polar surface area (TPSA) is 52.6 Å². The molecule has 0 aromatic heterocycles.